The molecule has 1 fully saturated rings. The number of amidine groups is 1. The molecule has 2 unspecified atom stereocenters. The number of ether oxygens (including phenoxy) is 1. The third-order valence-corrected chi connectivity index (χ3v) is 6.90. The SMILES string of the molecule is CCCCC(CC)(C(=O)O)C1CN(C2=Nc3ccccc3Oc3ccc(Cl)cc32)CCN1. The first-order chi connectivity index (χ1) is 15.5. The van der Waals surface area contributed by atoms with E-state index in [0.717, 1.165) is 36.5 Å². The first-order valence-electron chi connectivity index (χ1n) is 11.4. The van der Waals surface area contributed by atoms with E-state index in [1.54, 1.807) is 0 Å². The average molecular weight is 456 g/mol. The lowest BCUT2D eigenvalue weighted by molar-refractivity contribution is -0.152. The maximum absolute atomic E-state index is 12.5. The Bertz CT molecular complexity index is 1030. The third-order valence-electron chi connectivity index (χ3n) is 6.67. The van der Waals surface area contributed by atoms with E-state index >= 15 is 0 Å². The van der Waals surface area contributed by atoms with Gasteiger partial charge in [0.1, 0.15) is 17.3 Å². The largest absolute Gasteiger partial charge is 0.481 e. The Morgan fingerprint density at radius 3 is 2.84 bits per heavy atom. The van der Waals surface area contributed by atoms with Crippen LogP contribution in [0.3, 0.4) is 0 Å². The minimum Gasteiger partial charge on any atom is -0.481 e. The van der Waals surface area contributed by atoms with Crippen LogP contribution in [-0.2, 0) is 4.79 Å². The summed E-state index contributed by atoms with van der Waals surface area (Å²) in [5.41, 5.74) is 0.752. The first kappa shape index (κ1) is 22.6. The van der Waals surface area contributed by atoms with E-state index < -0.39 is 11.4 Å². The van der Waals surface area contributed by atoms with Gasteiger partial charge in [-0.25, -0.2) is 4.99 Å². The maximum Gasteiger partial charge on any atom is 0.311 e. The van der Waals surface area contributed by atoms with Crippen LogP contribution in [0.1, 0.15) is 45.1 Å². The molecule has 0 aliphatic carbocycles. The zero-order valence-corrected chi connectivity index (χ0v) is 19.4. The molecule has 32 heavy (non-hydrogen) atoms. The number of benzene rings is 2. The molecule has 2 aliphatic heterocycles. The van der Waals surface area contributed by atoms with Gasteiger partial charge in [0.05, 0.1) is 11.0 Å². The molecule has 2 aromatic carbocycles. The van der Waals surface area contributed by atoms with Crippen molar-refractivity contribution in [3.63, 3.8) is 0 Å². The Hall–Kier alpha value is -2.57. The van der Waals surface area contributed by atoms with Crippen LogP contribution < -0.4 is 10.1 Å². The smallest absolute Gasteiger partial charge is 0.311 e. The van der Waals surface area contributed by atoms with E-state index in [1.807, 2.05) is 49.4 Å². The van der Waals surface area contributed by atoms with Crippen molar-refractivity contribution in [1.82, 2.24) is 10.2 Å². The standard InChI is InChI=1S/C25H30ClN3O3/c1-3-5-12-25(4-2,24(30)31)22-16-29(14-13-27-22)23-18-15-17(26)10-11-20(18)32-21-9-7-6-8-19(21)28-23/h6-11,15,22,27H,3-5,12-14,16H2,1-2H3,(H,30,31). The van der Waals surface area contributed by atoms with Gasteiger partial charge in [0.15, 0.2) is 5.75 Å². The number of carboxylic acids is 1. The monoisotopic (exact) mass is 455 g/mol. The number of aliphatic carboxylic acids is 1. The first-order valence-corrected chi connectivity index (χ1v) is 11.7. The molecule has 2 aromatic rings. The van der Waals surface area contributed by atoms with Gasteiger partial charge in [0, 0.05) is 30.7 Å². The molecule has 0 bridgehead atoms. The molecule has 0 aromatic heterocycles. The highest BCUT2D eigenvalue weighted by molar-refractivity contribution is 6.31. The Morgan fingerprint density at radius 1 is 1.28 bits per heavy atom. The van der Waals surface area contributed by atoms with Gasteiger partial charge in [0.25, 0.3) is 0 Å². The predicted molar refractivity (Wildman–Crippen MR) is 127 cm³/mol. The summed E-state index contributed by atoms with van der Waals surface area (Å²) in [6.07, 6.45) is 3.09. The molecule has 2 N–H and O–H groups in total. The summed E-state index contributed by atoms with van der Waals surface area (Å²) in [5, 5.41) is 14.4. The molecule has 2 heterocycles. The van der Waals surface area contributed by atoms with Gasteiger partial charge < -0.3 is 20.1 Å². The number of hydrogen-bond donors (Lipinski definition) is 2. The summed E-state index contributed by atoms with van der Waals surface area (Å²) < 4.78 is 6.18. The van der Waals surface area contributed by atoms with Gasteiger partial charge in [0.2, 0.25) is 0 Å². The average Bonchev–Trinajstić information content (AvgIpc) is 2.96. The Morgan fingerprint density at radius 2 is 2.09 bits per heavy atom. The summed E-state index contributed by atoms with van der Waals surface area (Å²) in [6.45, 7) is 6.03. The summed E-state index contributed by atoms with van der Waals surface area (Å²) >= 11 is 6.35. The number of unbranched alkanes of at least 4 members (excludes halogenated alkanes) is 1. The quantitative estimate of drug-likeness (QED) is 0.604. The molecule has 1 saturated heterocycles. The summed E-state index contributed by atoms with van der Waals surface area (Å²) in [7, 11) is 0. The molecule has 4 rings (SSSR count). The minimum atomic E-state index is -0.814. The van der Waals surface area contributed by atoms with Gasteiger partial charge in [-0.2, -0.15) is 0 Å². The van der Waals surface area contributed by atoms with Crippen LogP contribution in [0.5, 0.6) is 11.5 Å². The summed E-state index contributed by atoms with van der Waals surface area (Å²) in [4.78, 5) is 19.6. The number of fused-ring (bicyclic) bond motifs is 2. The van der Waals surface area contributed by atoms with Crippen molar-refractivity contribution < 1.29 is 14.6 Å². The lowest BCUT2D eigenvalue weighted by Crippen LogP contribution is -2.61. The zero-order chi connectivity index (χ0) is 22.7. The van der Waals surface area contributed by atoms with Crippen LogP contribution in [0.2, 0.25) is 5.02 Å². The second-order valence-electron chi connectivity index (χ2n) is 8.52. The van der Waals surface area contributed by atoms with Crippen molar-refractivity contribution in [2.45, 2.75) is 45.6 Å². The topological polar surface area (TPSA) is 74.2 Å². The molecule has 6 nitrogen and oxygen atoms in total. The lowest BCUT2D eigenvalue weighted by Gasteiger charge is -2.44. The number of nitrogens with one attached hydrogen (secondary N) is 1. The molecule has 0 radical (unpaired) electrons. The molecule has 2 atom stereocenters. The molecule has 0 amide bonds. The van der Waals surface area contributed by atoms with E-state index in [1.165, 1.54) is 0 Å². The highest BCUT2D eigenvalue weighted by atomic mass is 35.5. The molecule has 0 saturated carbocycles. The van der Waals surface area contributed by atoms with Gasteiger partial charge in [-0.1, -0.05) is 50.4 Å². The van der Waals surface area contributed by atoms with Crippen LogP contribution >= 0.6 is 11.6 Å². The zero-order valence-electron chi connectivity index (χ0n) is 18.6. The molecule has 170 valence electrons. The fourth-order valence-electron chi connectivity index (χ4n) is 4.74. The number of carbonyl (C=O) groups is 1. The van der Waals surface area contributed by atoms with Crippen molar-refractivity contribution in [3.05, 3.63) is 53.1 Å². The van der Waals surface area contributed by atoms with Crippen LogP contribution in [0, 0.1) is 5.41 Å². The van der Waals surface area contributed by atoms with Crippen molar-refractivity contribution >= 4 is 29.1 Å². The lowest BCUT2D eigenvalue weighted by atomic mass is 9.73. The van der Waals surface area contributed by atoms with E-state index in [9.17, 15) is 9.90 Å². The number of halogens is 1. The number of rotatable bonds is 6. The van der Waals surface area contributed by atoms with E-state index in [0.29, 0.717) is 42.5 Å². The van der Waals surface area contributed by atoms with Crippen molar-refractivity contribution in [3.8, 4) is 11.5 Å². The van der Waals surface area contributed by atoms with Gasteiger partial charge in [-0.3, -0.25) is 4.79 Å². The second kappa shape index (κ2) is 9.51. The Balaban J connectivity index is 1.74. The minimum absolute atomic E-state index is 0.185. The molecular formula is C25H30ClN3O3. The Kier molecular flexibility index (Phi) is 6.72. The molecular weight excluding hydrogens is 426 g/mol. The number of carboxylic acid groups (broad SMARTS) is 1. The highest BCUT2D eigenvalue weighted by Crippen LogP contribution is 2.40. The summed E-state index contributed by atoms with van der Waals surface area (Å²) in [6, 6.07) is 13.1. The van der Waals surface area contributed by atoms with Gasteiger partial charge in [-0.05, 0) is 43.2 Å². The van der Waals surface area contributed by atoms with Gasteiger partial charge >= 0.3 is 5.97 Å². The van der Waals surface area contributed by atoms with Crippen LogP contribution in [0.4, 0.5) is 5.69 Å². The van der Waals surface area contributed by atoms with Crippen LogP contribution in [-0.4, -0.2) is 47.5 Å². The van der Waals surface area contributed by atoms with Crippen molar-refractivity contribution in [2.75, 3.05) is 19.6 Å². The van der Waals surface area contributed by atoms with E-state index in [2.05, 4.69) is 17.1 Å². The van der Waals surface area contributed by atoms with E-state index in [4.69, 9.17) is 21.3 Å². The van der Waals surface area contributed by atoms with Crippen molar-refractivity contribution in [2.24, 2.45) is 10.4 Å². The molecule has 0 spiro atoms. The molecule has 7 heteroatoms. The second-order valence-corrected chi connectivity index (χ2v) is 8.95. The number of hydrogen-bond acceptors (Lipinski definition) is 5. The maximum atomic E-state index is 12.5. The Labute approximate surface area is 194 Å². The number of para-hydroxylation sites is 2. The summed E-state index contributed by atoms with van der Waals surface area (Å²) in [5.74, 6) is 1.42. The number of piperazine rings is 1. The van der Waals surface area contributed by atoms with E-state index in [-0.39, 0.29) is 6.04 Å². The van der Waals surface area contributed by atoms with Crippen LogP contribution in [0.25, 0.3) is 0 Å². The fourth-order valence-corrected chi connectivity index (χ4v) is 4.92. The third kappa shape index (κ3) is 4.21. The van der Waals surface area contributed by atoms with Crippen LogP contribution in [0.15, 0.2) is 47.5 Å². The fraction of sp³-hybridized carbons (Fsp3) is 0.440. The van der Waals surface area contributed by atoms with Gasteiger partial charge in [-0.15, -0.1) is 0 Å². The number of aliphatic imine (C=N–C) groups is 1. The highest BCUT2D eigenvalue weighted by Gasteiger charge is 2.46. The van der Waals surface area contributed by atoms with Crippen molar-refractivity contribution in [1.29, 1.82) is 0 Å². The normalized spacial score (nSPS) is 19.7. The molecule has 2 aliphatic rings. The number of nitrogens with zero attached hydrogens (tertiary/aromatic N) is 2. The predicted octanol–water partition coefficient (Wildman–Crippen LogP) is 5.47.